The van der Waals surface area contributed by atoms with Crippen molar-refractivity contribution in [1.29, 1.82) is 0 Å². The molecule has 0 aliphatic heterocycles. The second-order valence-electron chi connectivity index (χ2n) is 3.70. The first-order valence-corrected chi connectivity index (χ1v) is 5.98. The molecule has 2 heterocycles. The van der Waals surface area contributed by atoms with E-state index < -0.39 is 0 Å². The Bertz CT molecular complexity index is 422. The molecule has 0 unspecified atom stereocenters. The minimum Gasteiger partial charge on any atom is -0.468 e. The monoisotopic (exact) mass is 237 g/mol. The van der Waals surface area contributed by atoms with Crippen LogP contribution in [0, 0.1) is 0 Å². The van der Waals surface area contributed by atoms with Gasteiger partial charge in [0.15, 0.2) is 5.13 Å². The lowest BCUT2D eigenvalue weighted by Gasteiger charge is -2.05. The first kappa shape index (κ1) is 11.2. The Balaban J connectivity index is 1.81. The summed E-state index contributed by atoms with van der Waals surface area (Å²) in [5, 5.41) is 6.40. The highest BCUT2D eigenvalue weighted by Gasteiger charge is 2.03. The number of nitrogens with zero attached hydrogens (tertiary/aromatic N) is 2. The summed E-state index contributed by atoms with van der Waals surface area (Å²) in [6, 6.07) is 3.85. The van der Waals surface area contributed by atoms with Crippen LogP contribution in [0.15, 0.2) is 28.2 Å². The lowest BCUT2D eigenvalue weighted by Crippen LogP contribution is -2.13. The highest BCUT2D eigenvalue weighted by molar-refractivity contribution is 7.13. The quantitative estimate of drug-likeness (QED) is 0.864. The topological polar surface area (TPSA) is 41.3 Å². The number of thiazole rings is 1. The lowest BCUT2D eigenvalue weighted by molar-refractivity contribution is 0.482. The fourth-order valence-electron chi connectivity index (χ4n) is 1.31. The first-order chi connectivity index (χ1) is 7.75. The summed E-state index contributed by atoms with van der Waals surface area (Å²) < 4.78 is 5.23. The molecule has 0 aliphatic carbocycles. The predicted molar refractivity (Wildman–Crippen MR) is 65.7 cm³/mol. The van der Waals surface area contributed by atoms with E-state index in [4.69, 9.17) is 4.42 Å². The molecule has 2 aromatic heterocycles. The fraction of sp³-hybridized carbons (Fsp3) is 0.364. The van der Waals surface area contributed by atoms with Gasteiger partial charge in [-0.1, -0.05) is 0 Å². The first-order valence-electron chi connectivity index (χ1n) is 5.10. The average molecular weight is 237 g/mol. The summed E-state index contributed by atoms with van der Waals surface area (Å²) >= 11 is 1.66. The van der Waals surface area contributed by atoms with Crippen LogP contribution in [0.1, 0.15) is 11.5 Å². The van der Waals surface area contributed by atoms with E-state index in [0.29, 0.717) is 0 Å². The molecule has 0 fully saturated rings. The van der Waals surface area contributed by atoms with Crippen LogP contribution in [0.5, 0.6) is 0 Å². The van der Waals surface area contributed by atoms with Gasteiger partial charge in [0.05, 0.1) is 18.5 Å². The van der Waals surface area contributed by atoms with E-state index >= 15 is 0 Å². The number of anilines is 1. The molecule has 0 amide bonds. The molecule has 0 aromatic carbocycles. The number of furan rings is 1. The molecule has 0 saturated carbocycles. The maximum Gasteiger partial charge on any atom is 0.185 e. The highest BCUT2D eigenvalue weighted by Crippen LogP contribution is 2.17. The van der Waals surface area contributed by atoms with Gasteiger partial charge in [0.25, 0.3) is 0 Å². The van der Waals surface area contributed by atoms with Crippen LogP contribution in [-0.2, 0) is 13.1 Å². The third kappa shape index (κ3) is 2.84. The molecule has 2 aromatic rings. The van der Waals surface area contributed by atoms with Crippen LogP contribution >= 0.6 is 11.3 Å². The minimum absolute atomic E-state index is 0.738. The van der Waals surface area contributed by atoms with Crippen molar-refractivity contribution < 1.29 is 4.42 Å². The van der Waals surface area contributed by atoms with Crippen LogP contribution in [0.2, 0.25) is 0 Å². The van der Waals surface area contributed by atoms with Gasteiger partial charge in [-0.15, -0.1) is 11.3 Å². The van der Waals surface area contributed by atoms with Gasteiger partial charge in [-0.3, -0.25) is 0 Å². The van der Waals surface area contributed by atoms with Crippen molar-refractivity contribution in [3.05, 3.63) is 35.2 Å². The zero-order valence-electron chi connectivity index (χ0n) is 9.43. The number of rotatable bonds is 5. The van der Waals surface area contributed by atoms with Crippen molar-refractivity contribution in [2.24, 2.45) is 0 Å². The van der Waals surface area contributed by atoms with Crippen LogP contribution < -0.4 is 10.2 Å². The molecule has 0 bridgehead atoms. The Morgan fingerprint density at radius 3 is 2.94 bits per heavy atom. The summed E-state index contributed by atoms with van der Waals surface area (Å²) in [7, 11) is 4.00. The zero-order chi connectivity index (χ0) is 11.4. The fourth-order valence-corrected chi connectivity index (χ4v) is 2.07. The van der Waals surface area contributed by atoms with Gasteiger partial charge in [0.1, 0.15) is 5.76 Å². The molecule has 2 rings (SSSR count). The lowest BCUT2D eigenvalue weighted by atomic mass is 10.4. The van der Waals surface area contributed by atoms with Crippen molar-refractivity contribution in [3.63, 3.8) is 0 Å². The van der Waals surface area contributed by atoms with Crippen molar-refractivity contribution in [1.82, 2.24) is 10.3 Å². The van der Waals surface area contributed by atoms with Gasteiger partial charge in [-0.05, 0) is 12.1 Å². The molecule has 0 aliphatic rings. The third-order valence-corrected chi connectivity index (χ3v) is 3.16. The van der Waals surface area contributed by atoms with Gasteiger partial charge in [-0.2, -0.15) is 0 Å². The van der Waals surface area contributed by atoms with Crippen molar-refractivity contribution in [3.8, 4) is 0 Å². The maximum absolute atomic E-state index is 5.23. The number of aromatic nitrogens is 1. The molecule has 4 nitrogen and oxygen atoms in total. The standard InChI is InChI=1S/C11H15N3OS/c1-14(2)11-13-9(8-16-11)6-12-7-10-4-3-5-15-10/h3-5,8,12H,6-7H2,1-2H3. The van der Waals surface area contributed by atoms with Gasteiger partial charge < -0.3 is 14.6 Å². The van der Waals surface area contributed by atoms with Gasteiger partial charge in [0.2, 0.25) is 0 Å². The van der Waals surface area contributed by atoms with Crippen LogP contribution in [0.4, 0.5) is 5.13 Å². The summed E-state index contributed by atoms with van der Waals surface area (Å²) in [4.78, 5) is 6.49. The van der Waals surface area contributed by atoms with Gasteiger partial charge >= 0.3 is 0 Å². The van der Waals surface area contributed by atoms with E-state index in [2.05, 4.69) is 15.7 Å². The Morgan fingerprint density at radius 1 is 1.44 bits per heavy atom. The van der Waals surface area contributed by atoms with Crippen molar-refractivity contribution in [2.45, 2.75) is 13.1 Å². The normalized spacial score (nSPS) is 10.6. The van der Waals surface area contributed by atoms with Crippen molar-refractivity contribution >= 4 is 16.5 Å². The molecular formula is C11H15N3OS. The maximum atomic E-state index is 5.23. The SMILES string of the molecule is CN(C)c1nc(CNCc2ccco2)cs1. The van der Waals surface area contributed by atoms with Gasteiger partial charge in [0, 0.05) is 26.0 Å². The second kappa shape index (κ2) is 5.14. The van der Waals surface area contributed by atoms with Crippen LogP contribution in [0.3, 0.4) is 0 Å². The Labute approximate surface area is 98.9 Å². The molecule has 16 heavy (non-hydrogen) atoms. The molecule has 0 spiro atoms. The largest absolute Gasteiger partial charge is 0.468 e. The molecule has 86 valence electrons. The smallest absolute Gasteiger partial charge is 0.185 e. The number of nitrogens with one attached hydrogen (secondary N) is 1. The van der Waals surface area contributed by atoms with E-state index in [1.54, 1.807) is 17.6 Å². The Hall–Kier alpha value is -1.33. The Kier molecular flexibility index (Phi) is 3.58. The number of hydrogen-bond acceptors (Lipinski definition) is 5. The molecule has 1 N–H and O–H groups in total. The summed E-state index contributed by atoms with van der Waals surface area (Å²) in [6.07, 6.45) is 1.68. The van der Waals surface area contributed by atoms with E-state index in [9.17, 15) is 0 Å². The summed E-state index contributed by atoms with van der Waals surface area (Å²) in [5.74, 6) is 0.947. The minimum atomic E-state index is 0.738. The molecule has 5 heteroatoms. The van der Waals surface area contributed by atoms with Crippen LogP contribution in [0.25, 0.3) is 0 Å². The van der Waals surface area contributed by atoms with E-state index in [-0.39, 0.29) is 0 Å². The average Bonchev–Trinajstić information content (AvgIpc) is 2.87. The van der Waals surface area contributed by atoms with Crippen molar-refractivity contribution in [2.75, 3.05) is 19.0 Å². The van der Waals surface area contributed by atoms with E-state index in [1.807, 2.05) is 31.1 Å². The molecule has 0 radical (unpaired) electrons. The molecule has 0 saturated heterocycles. The number of hydrogen-bond donors (Lipinski definition) is 1. The Morgan fingerprint density at radius 2 is 2.31 bits per heavy atom. The van der Waals surface area contributed by atoms with Gasteiger partial charge in [-0.25, -0.2) is 4.98 Å². The zero-order valence-corrected chi connectivity index (χ0v) is 10.3. The summed E-state index contributed by atoms with van der Waals surface area (Å²) in [5.41, 5.74) is 1.07. The third-order valence-electron chi connectivity index (χ3n) is 2.11. The van der Waals surface area contributed by atoms with Crippen LogP contribution in [-0.4, -0.2) is 19.1 Å². The highest BCUT2D eigenvalue weighted by atomic mass is 32.1. The molecule has 0 atom stereocenters. The van der Waals surface area contributed by atoms with E-state index in [0.717, 1.165) is 29.7 Å². The molecular weight excluding hydrogens is 222 g/mol. The van der Waals surface area contributed by atoms with E-state index in [1.165, 1.54) is 0 Å². The summed E-state index contributed by atoms with van der Waals surface area (Å²) in [6.45, 7) is 1.51. The predicted octanol–water partition coefficient (Wildman–Crippen LogP) is 2.09. The second-order valence-corrected chi connectivity index (χ2v) is 4.54.